The van der Waals surface area contributed by atoms with Crippen molar-refractivity contribution in [2.24, 2.45) is 5.92 Å². The molecular formula is C17H32N2O. The molecule has 0 aromatic carbocycles. The lowest BCUT2D eigenvalue weighted by molar-refractivity contribution is 0.000812. The lowest BCUT2D eigenvalue weighted by Crippen LogP contribution is -2.54. The van der Waals surface area contributed by atoms with Crippen molar-refractivity contribution in [3.63, 3.8) is 0 Å². The van der Waals surface area contributed by atoms with E-state index in [0.29, 0.717) is 6.10 Å². The highest BCUT2D eigenvalue weighted by atomic mass is 16.5. The van der Waals surface area contributed by atoms with Crippen molar-refractivity contribution < 1.29 is 4.74 Å². The zero-order valence-corrected chi connectivity index (χ0v) is 13.2. The van der Waals surface area contributed by atoms with Crippen LogP contribution in [0.5, 0.6) is 0 Å². The second-order valence-corrected chi connectivity index (χ2v) is 7.07. The SMILES string of the molecule is CCOC1CCCN(CC2CCC3CCCCC3N2)C1. The third-order valence-corrected chi connectivity index (χ3v) is 5.59. The van der Waals surface area contributed by atoms with Crippen molar-refractivity contribution in [2.75, 3.05) is 26.2 Å². The van der Waals surface area contributed by atoms with Crippen molar-refractivity contribution >= 4 is 0 Å². The first kappa shape index (κ1) is 14.8. The van der Waals surface area contributed by atoms with Gasteiger partial charge in [-0.1, -0.05) is 12.8 Å². The first-order valence-electron chi connectivity index (χ1n) is 8.95. The molecule has 1 aliphatic carbocycles. The molecule has 0 aromatic rings. The van der Waals surface area contributed by atoms with Gasteiger partial charge in [0, 0.05) is 31.8 Å². The Hall–Kier alpha value is -0.120. The third kappa shape index (κ3) is 3.75. The Morgan fingerprint density at radius 1 is 1.05 bits per heavy atom. The number of nitrogens with zero attached hydrogens (tertiary/aromatic N) is 1. The van der Waals surface area contributed by atoms with Crippen LogP contribution in [0.25, 0.3) is 0 Å². The first-order chi connectivity index (χ1) is 9.85. The van der Waals surface area contributed by atoms with E-state index in [-0.39, 0.29) is 0 Å². The van der Waals surface area contributed by atoms with Gasteiger partial charge in [-0.05, 0) is 57.9 Å². The highest BCUT2D eigenvalue weighted by molar-refractivity contribution is 4.91. The number of hydrogen-bond donors (Lipinski definition) is 1. The summed E-state index contributed by atoms with van der Waals surface area (Å²) >= 11 is 0. The molecule has 116 valence electrons. The first-order valence-corrected chi connectivity index (χ1v) is 8.95. The molecule has 0 spiro atoms. The number of ether oxygens (including phenoxy) is 1. The number of likely N-dealkylation sites (tertiary alicyclic amines) is 1. The zero-order valence-electron chi connectivity index (χ0n) is 13.2. The fourth-order valence-electron chi connectivity index (χ4n) is 4.58. The third-order valence-electron chi connectivity index (χ3n) is 5.59. The summed E-state index contributed by atoms with van der Waals surface area (Å²) in [6, 6.07) is 1.56. The Kier molecular flexibility index (Phi) is 5.36. The summed E-state index contributed by atoms with van der Waals surface area (Å²) in [6.45, 7) is 6.65. The summed E-state index contributed by atoms with van der Waals surface area (Å²) in [6.07, 6.45) is 11.7. The van der Waals surface area contributed by atoms with Gasteiger partial charge in [0.25, 0.3) is 0 Å². The van der Waals surface area contributed by atoms with E-state index in [1.165, 1.54) is 64.5 Å². The van der Waals surface area contributed by atoms with Crippen molar-refractivity contribution in [1.82, 2.24) is 10.2 Å². The molecule has 1 saturated carbocycles. The molecule has 3 rings (SSSR count). The van der Waals surface area contributed by atoms with Crippen LogP contribution >= 0.6 is 0 Å². The number of hydrogen-bond acceptors (Lipinski definition) is 3. The van der Waals surface area contributed by atoms with E-state index < -0.39 is 0 Å². The summed E-state index contributed by atoms with van der Waals surface area (Å²) in [7, 11) is 0. The fourth-order valence-corrected chi connectivity index (χ4v) is 4.58. The summed E-state index contributed by atoms with van der Waals surface area (Å²) in [5, 5.41) is 3.97. The molecular weight excluding hydrogens is 248 g/mol. The molecule has 0 bridgehead atoms. The van der Waals surface area contributed by atoms with Gasteiger partial charge in [-0.15, -0.1) is 0 Å². The van der Waals surface area contributed by atoms with Gasteiger partial charge in [-0.2, -0.15) is 0 Å². The minimum Gasteiger partial charge on any atom is -0.377 e. The minimum atomic E-state index is 0.486. The van der Waals surface area contributed by atoms with Crippen LogP contribution in [0.15, 0.2) is 0 Å². The largest absolute Gasteiger partial charge is 0.377 e. The Bertz CT molecular complexity index is 295. The molecule has 0 aromatic heterocycles. The van der Waals surface area contributed by atoms with Crippen LogP contribution in [-0.2, 0) is 4.74 Å². The average Bonchev–Trinajstić information content (AvgIpc) is 2.48. The van der Waals surface area contributed by atoms with Crippen LogP contribution < -0.4 is 5.32 Å². The number of fused-ring (bicyclic) bond motifs is 1. The molecule has 2 aliphatic heterocycles. The maximum Gasteiger partial charge on any atom is 0.0702 e. The van der Waals surface area contributed by atoms with Gasteiger partial charge in [-0.25, -0.2) is 0 Å². The predicted molar refractivity (Wildman–Crippen MR) is 83.0 cm³/mol. The molecule has 0 radical (unpaired) electrons. The Balaban J connectivity index is 1.45. The quantitative estimate of drug-likeness (QED) is 0.857. The monoisotopic (exact) mass is 280 g/mol. The number of nitrogens with one attached hydrogen (secondary N) is 1. The Morgan fingerprint density at radius 3 is 2.85 bits per heavy atom. The van der Waals surface area contributed by atoms with Crippen LogP contribution in [0.2, 0.25) is 0 Å². The molecule has 3 heteroatoms. The molecule has 3 aliphatic rings. The summed E-state index contributed by atoms with van der Waals surface area (Å²) < 4.78 is 5.83. The smallest absolute Gasteiger partial charge is 0.0702 e. The molecule has 1 N–H and O–H groups in total. The number of rotatable bonds is 4. The van der Waals surface area contributed by atoms with Gasteiger partial charge in [0.05, 0.1) is 6.10 Å². The van der Waals surface area contributed by atoms with Crippen LogP contribution in [0.4, 0.5) is 0 Å². The zero-order chi connectivity index (χ0) is 13.8. The van der Waals surface area contributed by atoms with Crippen molar-refractivity contribution in [1.29, 1.82) is 0 Å². The highest BCUT2D eigenvalue weighted by Crippen LogP contribution is 2.32. The van der Waals surface area contributed by atoms with Crippen LogP contribution in [-0.4, -0.2) is 49.3 Å². The fraction of sp³-hybridized carbons (Fsp3) is 1.00. The molecule has 2 saturated heterocycles. The van der Waals surface area contributed by atoms with Gasteiger partial charge in [0.2, 0.25) is 0 Å². The molecule has 4 unspecified atom stereocenters. The van der Waals surface area contributed by atoms with E-state index in [1.807, 2.05) is 0 Å². The van der Waals surface area contributed by atoms with E-state index >= 15 is 0 Å². The van der Waals surface area contributed by atoms with Gasteiger partial charge >= 0.3 is 0 Å². The molecule has 3 nitrogen and oxygen atoms in total. The normalized spacial score (nSPS) is 39.5. The van der Waals surface area contributed by atoms with E-state index in [2.05, 4.69) is 17.1 Å². The molecule has 2 heterocycles. The molecule has 0 amide bonds. The number of piperidine rings is 2. The summed E-state index contributed by atoms with van der Waals surface area (Å²) in [4.78, 5) is 2.64. The molecule has 3 fully saturated rings. The van der Waals surface area contributed by atoms with Crippen molar-refractivity contribution in [3.05, 3.63) is 0 Å². The molecule has 20 heavy (non-hydrogen) atoms. The highest BCUT2D eigenvalue weighted by Gasteiger charge is 2.32. The maximum absolute atomic E-state index is 5.83. The standard InChI is InChI=1S/C17H32N2O/c1-2-20-16-7-5-11-19(13-16)12-15-10-9-14-6-3-4-8-17(14)18-15/h14-18H,2-13H2,1H3. The van der Waals surface area contributed by atoms with E-state index in [1.54, 1.807) is 0 Å². The summed E-state index contributed by atoms with van der Waals surface area (Å²) in [5.74, 6) is 0.984. The second-order valence-electron chi connectivity index (χ2n) is 7.07. The van der Waals surface area contributed by atoms with Crippen molar-refractivity contribution in [3.8, 4) is 0 Å². The maximum atomic E-state index is 5.83. The van der Waals surface area contributed by atoms with Crippen LogP contribution in [0.1, 0.15) is 58.3 Å². The van der Waals surface area contributed by atoms with Gasteiger partial charge in [0.1, 0.15) is 0 Å². The van der Waals surface area contributed by atoms with Gasteiger partial charge in [0.15, 0.2) is 0 Å². The lowest BCUT2D eigenvalue weighted by Gasteiger charge is -2.43. The van der Waals surface area contributed by atoms with E-state index in [0.717, 1.165) is 31.2 Å². The lowest BCUT2D eigenvalue weighted by atomic mass is 9.77. The average molecular weight is 280 g/mol. The Morgan fingerprint density at radius 2 is 1.95 bits per heavy atom. The topological polar surface area (TPSA) is 24.5 Å². The van der Waals surface area contributed by atoms with E-state index in [9.17, 15) is 0 Å². The van der Waals surface area contributed by atoms with Crippen molar-refractivity contribution in [2.45, 2.75) is 76.5 Å². The van der Waals surface area contributed by atoms with Crippen LogP contribution in [0, 0.1) is 5.92 Å². The molecule has 4 atom stereocenters. The van der Waals surface area contributed by atoms with Gasteiger partial charge in [-0.3, -0.25) is 4.90 Å². The minimum absolute atomic E-state index is 0.486. The Labute approximate surface area is 124 Å². The van der Waals surface area contributed by atoms with E-state index in [4.69, 9.17) is 4.74 Å². The summed E-state index contributed by atoms with van der Waals surface area (Å²) in [5.41, 5.74) is 0. The second kappa shape index (κ2) is 7.24. The predicted octanol–water partition coefficient (Wildman–Crippen LogP) is 2.80. The van der Waals surface area contributed by atoms with Crippen LogP contribution in [0.3, 0.4) is 0 Å². The van der Waals surface area contributed by atoms with Gasteiger partial charge < -0.3 is 10.1 Å².